The van der Waals surface area contributed by atoms with Gasteiger partial charge in [0.2, 0.25) is 0 Å². The Kier molecular flexibility index (Phi) is 3.90. The van der Waals surface area contributed by atoms with Crippen molar-refractivity contribution >= 4 is 0 Å². The van der Waals surface area contributed by atoms with Crippen LogP contribution in [0.3, 0.4) is 0 Å². The van der Waals surface area contributed by atoms with Crippen LogP contribution in [0.25, 0.3) is 0 Å². The summed E-state index contributed by atoms with van der Waals surface area (Å²) in [6, 6.07) is 4.38. The summed E-state index contributed by atoms with van der Waals surface area (Å²) >= 11 is 0. The monoisotopic (exact) mass is 204 g/mol. The summed E-state index contributed by atoms with van der Waals surface area (Å²) in [5.41, 5.74) is 0.418. The molecule has 0 nitrogen and oxygen atoms in total. The van der Waals surface area contributed by atoms with E-state index in [9.17, 15) is 13.2 Å². The van der Waals surface area contributed by atoms with Crippen LogP contribution in [0.2, 0.25) is 0 Å². The Morgan fingerprint density at radius 2 is 1.20 bits per heavy atom. The molecule has 0 radical (unpaired) electrons. The molecule has 72 valence electrons. The first-order valence-electron chi connectivity index (χ1n) is 3.81. The summed E-state index contributed by atoms with van der Waals surface area (Å²) in [6.45, 7) is 0. The molecule has 1 rings (SSSR count). The van der Waals surface area contributed by atoms with E-state index in [0.717, 1.165) is 6.17 Å². The molecule has 0 aliphatic heterocycles. The molecule has 0 fully saturated rings. The lowest BCUT2D eigenvalue weighted by Gasteiger charge is -1.98. The van der Waals surface area contributed by atoms with Crippen LogP contribution in [0.5, 0.6) is 0 Å². The molecule has 1 aromatic rings. The van der Waals surface area contributed by atoms with Crippen molar-refractivity contribution in [2.45, 2.75) is 0 Å². The third-order valence-electron chi connectivity index (χ3n) is 1.60. The quantitative estimate of drug-likeness (QED) is 0.569. The second-order valence-corrected chi connectivity index (χ2v) is 2.39. The summed E-state index contributed by atoms with van der Waals surface area (Å²) < 4.78 is 35.5. The molecule has 0 unspecified atom stereocenters. The minimum absolute atomic E-state index is 0.0790. The van der Waals surface area contributed by atoms with Crippen molar-refractivity contribution in [1.82, 2.24) is 0 Å². The molecular formula is C12H3F3. The van der Waals surface area contributed by atoms with Gasteiger partial charge in [-0.25, -0.2) is 0 Å². The van der Waals surface area contributed by atoms with Gasteiger partial charge in [0.1, 0.15) is 18.5 Å². The molecule has 0 amide bonds. The van der Waals surface area contributed by atoms with Crippen molar-refractivity contribution in [3.05, 3.63) is 34.9 Å². The van der Waals surface area contributed by atoms with Gasteiger partial charge in [-0.2, -0.15) is 0 Å². The van der Waals surface area contributed by atoms with Crippen LogP contribution < -0.4 is 0 Å². The lowest BCUT2D eigenvalue weighted by Crippen LogP contribution is -1.88. The van der Waals surface area contributed by atoms with Gasteiger partial charge in [-0.1, -0.05) is 6.07 Å². The molecule has 15 heavy (non-hydrogen) atoms. The first-order valence-corrected chi connectivity index (χ1v) is 3.81. The highest BCUT2D eigenvalue weighted by Crippen LogP contribution is 2.12. The van der Waals surface area contributed by atoms with Gasteiger partial charge in [0.15, 0.2) is 0 Å². The van der Waals surface area contributed by atoms with E-state index in [1.807, 2.05) is 0 Å². The summed E-state index contributed by atoms with van der Waals surface area (Å²) in [7, 11) is 0. The van der Waals surface area contributed by atoms with E-state index in [4.69, 9.17) is 0 Å². The van der Waals surface area contributed by atoms with Crippen LogP contribution in [0.4, 0.5) is 13.2 Å². The molecular weight excluding hydrogens is 201 g/mol. The SMILES string of the molecule is FC#Cc1cccc(C#CF)c1C#CF. The molecule has 0 aliphatic carbocycles. The predicted molar refractivity (Wildman–Crippen MR) is 50.4 cm³/mol. The fourth-order valence-corrected chi connectivity index (χ4v) is 1.04. The van der Waals surface area contributed by atoms with Gasteiger partial charge in [-0.3, -0.25) is 0 Å². The molecule has 0 atom stereocenters. The lowest BCUT2D eigenvalue weighted by atomic mass is 10.0. The van der Waals surface area contributed by atoms with Gasteiger partial charge >= 0.3 is 0 Å². The Hall–Kier alpha value is -2.31. The van der Waals surface area contributed by atoms with E-state index in [1.165, 1.54) is 30.5 Å². The lowest BCUT2D eigenvalue weighted by molar-refractivity contribution is 0.772. The summed E-state index contributed by atoms with van der Waals surface area (Å²) in [5, 5.41) is 0. The fourth-order valence-electron chi connectivity index (χ4n) is 1.04. The Bertz CT molecular complexity index is 501. The standard InChI is InChI=1S/C12H3F3/c13-7-4-10-2-1-3-11(5-8-14)12(10)6-9-15/h1-3H. The zero-order chi connectivity index (χ0) is 11.1. The zero-order valence-electron chi connectivity index (χ0n) is 7.37. The van der Waals surface area contributed by atoms with Crippen LogP contribution in [-0.2, 0) is 0 Å². The van der Waals surface area contributed by atoms with Crippen molar-refractivity contribution < 1.29 is 13.2 Å². The van der Waals surface area contributed by atoms with Gasteiger partial charge in [0, 0.05) is 11.1 Å². The smallest absolute Gasteiger partial charge is 0.111 e. The highest BCUT2D eigenvalue weighted by atomic mass is 19.1. The first kappa shape index (κ1) is 10.8. The van der Waals surface area contributed by atoms with Crippen LogP contribution >= 0.6 is 0 Å². The minimum atomic E-state index is 0.0790. The van der Waals surface area contributed by atoms with Crippen LogP contribution in [0.15, 0.2) is 18.2 Å². The second-order valence-electron chi connectivity index (χ2n) is 2.39. The maximum absolute atomic E-state index is 11.9. The molecule has 0 N–H and O–H groups in total. The Labute approximate surface area is 85.1 Å². The molecule has 3 heteroatoms. The molecule has 1 aromatic carbocycles. The molecule has 0 aliphatic rings. The predicted octanol–water partition coefficient (Wildman–Crippen LogP) is 2.52. The number of hydrogen-bond donors (Lipinski definition) is 0. The number of hydrogen-bond acceptors (Lipinski definition) is 0. The largest absolute Gasteiger partial charge is 0.144 e. The maximum atomic E-state index is 11.9. The number of benzene rings is 1. The molecule has 0 spiro atoms. The average molecular weight is 204 g/mol. The van der Waals surface area contributed by atoms with Crippen molar-refractivity contribution in [3.8, 4) is 36.3 Å². The van der Waals surface area contributed by atoms with Crippen molar-refractivity contribution in [3.63, 3.8) is 0 Å². The van der Waals surface area contributed by atoms with E-state index < -0.39 is 0 Å². The maximum Gasteiger partial charge on any atom is 0.111 e. The van der Waals surface area contributed by atoms with E-state index in [-0.39, 0.29) is 16.7 Å². The van der Waals surface area contributed by atoms with E-state index in [0.29, 0.717) is 0 Å². The van der Waals surface area contributed by atoms with Gasteiger partial charge < -0.3 is 0 Å². The minimum Gasteiger partial charge on any atom is -0.144 e. The topological polar surface area (TPSA) is 0 Å². The van der Waals surface area contributed by atoms with Crippen LogP contribution in [-0.4, -0.2) is 0 Å². The van der Waals surface area contributed by atoms with Crippen molar-refractivity contribution in [2.75, 3.05) is 0 Å². The fraction of sp³-hybridized carbons (Fsp3) is 0. The zero-order valence-corrected chi connectivity index (χ0v) is 7.37. The summed E-state index contributed by atoms with van der Waals surface area (Å²) in [5.74, 6) is 6.23. The number of halogens is 3. The first-order chi connectivity index (χ1) is 7.33. The number of rotatable bonds is 0. The second kappa shape index (κ2) is 5.43. The van der Waals surface area contributed by atoms with Gasteiger partial charge in [-0.05, 0) is 29.9 Å². The van der Waals surface area contributed by atoms with Crippen LogP contribution in [0.1, 0.15) is 16.7 Å². The summed E-state index contributed by atoms with van der Waals surface area (Å²) in [6.07, 6.45) is 3.49. The van der Waals surface area contributed by atoms with E-state index in [1.54, 1.807) is 0 Å². The van der Waals surface area contributed by atoms with Crippen molar-refractivity contribution in [2.24, 2.45) is 0 Å². The Morgan fingerprint density at radius 1 is 0.733 bits per heavy atom. The highest BCUT2D eigenvalue weighted by Gasteiger charge is 2.02. The van der Waals surface area contributed by atoms with Crippen molar-refractivity contribution in [1.29, 1.82) is 0 Å². The van der Waals surface area contributed by atoms with Gasteiger partial charge in [0.25, 0.3) is 0 Å². The molecule has 0 heterocycles. The molecule has 0 aromatic heterocycles. The molecule has 0 saturated heterocycles. The summed E-state index contributed by atoms with van der Waals surface area (Å²) in [4.78, 5) is 0. The normalized spacial score (nSPS) is 7.40. The van der Waals surface area contributed by atoms with Crippen LogP contribution in [0, 0.1) is 36.3 Å². The third-order valence-corrected chi connectivity index (χ3v) is 1.60. The molecule has 0 bridgehead atoms. The molecule has 0 saturated carbocycles. The Balaban J connectivity index is 3.47. The third kappa shape index (κ3) is 2.56. The highest BCUT2D eigenvalue weighted by molar-refractivity contribution is 5.58. The van der Waals surface area contributed by atoms with E-state index in [2.05, 4.69) is 17.8 Å². The van der Waals surface area contributed by atoms with Gasteiger partial charge in [0.05, 0.1) is 5.56 Å². The Morgan fingerprint density at radius 3 is 1.60 bits per heavy atom. The van der Waals surface area contributed by atoms with Gasteiger partial charge in [-0.15, -0.1) is 13.2 Å². The van der Waals surface area contributed by atoms with E-state index >= 15 is 0 Å². The average Bonchev–Trinajstić information content (AvgIpc) is 2.23.